The van der Waals surface area contributed by atoms with E-state index in [-0.39, 0.29) is 18.1 Å². The Morgan fingerprint density at radius 1 is 1.16 bits per heavy atom. The molecule has 0 heterocycles. The summed E-state index contributed by atoms with van der Waals surface area (Å²) in [7, 11) is 1.41. The number of methoxy groups -OCH3 is 1. The number of carbonyl (C=O) groups excluding carboxylic acids is 1. The van der Waals surface area contributed by atoms with Gasteiger partial charge in [-0.3, -0.25) is 10.1 Å². The number of aryl methyl sites for hydroxylation is 1. The molecule has 0 aliphatic rings. The van der Waals surface area contributed by atoms with Crippen LogP contribution in [0.1, 0.15) is 11.1 Å². The van der Waals surface area contributed by atoms with Crippen LogP contribution in [0.25, 0.3) is 6.08 Å². The summed E-state index contributed by atoms with van der Waals surface area (Å²) in [4.78, 5) is 21.7. The second-order valence-electron chi connectivity index (χ2n) is 5.04. The maximum atomic E-state index is 12.0. The molecule has 0 saturated carbocycles. The largest absolute Gasteiger partial charge is 0.493 e. The van der Waals surface area contributed by atoms with E-state index < -0.39 is 10.9 Å². The van der Waals surface area contributed by atoms with Crippen LogP contribution in [0.2, 0.25) is 0 Å². The number of hydrogen-bond acceptors (Lipinski definition) is 6. The van der Waals surface area contributed by atoms with Crippen LogP contribution in [0.15, 0.2) is 48.7 Å². The van der Waals surface area contributed by atoms with Gasteiger partial charge in [-0.1, -0.05) is 24.3 Å². The Morgan fingerprint density at radius 2 is 1.92 bits per heavy atom. The minimum absolute atomic E-state index is 0.208. The Hall–Kier alpha value is -3.35. The van der Waals surface area contributed by atoms with E-state index in [0.717, 1.165) is 11.8 Å². The average molecular weight is 343 g/mol. The number of rotatable bonds is 7. The minimum Gasteiger partial charge on any atom is -0.493 e. The molecule has 0 atom stereocenters. The summed E-state index contributed by atoms with van der Waals surface area (Å²) in [5, 5.41) is 10.4. The van der Waals surface area contributed by atoms with Crippen molar-refractivity contribution in [1.29, 1.82) is 0 Å². The van der Waals surface area contributed by atoms with Crippen molar-refractivity contribution in [2.24, 2.45) is 0 Å². The molecule has 0 N–H and O–H groups in total. The van der Waals surface area contributed by atoms with Crippen molar-refractivity contribution >= 4 is 12.0 Å². The number of benzene rings is 2. The highest BCUT2D eigenvalue weighted by molar-refractivity contribution is 5.75. The van der Waals surface area contributed by atoms with Crippen molar-refractivity contribution in [3.05, 3.63) is 69.9 Å². The van der Waals surface area contributed by atoms with Gasteiger partial charge in [0.2, 0.25) is 6.20 Å². The Labute approximate surface area is 144 Å². The summed E-state index contributed by atoms with van der Waals surface area (Å²) >= 11 is 0. The number of ether oxygens (including phenoxy) is 3. The molecule has 0 aromatic heterocycles. The quantitative estimate of drug-likeness (QED) is 0.332. The van der Waals surface area contributed by atoms with Gasteiger partial charge in [0.15, 0.2) is 18.1 Å². The average Bonchev–Trinajstić information content (AvgIpc) is 2.60. The maximum Gasteiger partial charge on any atom is 0.349 e. The Bertz CT molecular complexity index is 800. The molecule has 2 aromatic carbocycles. The third-order valence-corrected chi connectivity index (χ3v) is 3.24. The van der Waals surface area contributed by atoms with Gasteiger partial charge in [-0.25, -0.2) is 4.79 Å². The first kappa shape index (κ1) is 18.0. The lowest BCUT2D eigenvalue weighted by Crippen LogP contribution is -2.18. The Balaban J connectivity index is 2.02. The summed E-state index contributed by atoms with van der Waals surface area (Å²) in [6.45, 7) is 1.62. The predicted molar refractivity (Wildman–Crippen MR) is 91.3 cm³/mol. The second kappa shape index (κ2) is 8.49. The number of hydrogen-bond donors (Lipinski definition) is 0. The van der Waals surface area contributed by atoms with Crippen molar-refractivity contribution < 1.29 is 23.9 Å². The smallest absolute Gasteiger partial charge is 0.349 e. The number of nitrogens with zero attached hydrogens (tertiary/aromatic N) is 1. The molecule has 0 aliphatic heterocycles. The molecular weight excluding hydrogens is 326 g/mol. The van der Waals surface area contributed by atoms with Crippen molar-refractivity contribution in [2.75, 3.05) is 13.7 Å². The van der Waals surface area contributed by atoms with E-state index in [1.165, 1.54) is 25.3 Å². The van der Waals surface area contributed by atoms with Crippen LogP contribution in [0, 0.1) is 17.0 Å². The van der Waals surface area contributed by atoms with Crippen LogP contribution in [-0.2, 0) is 4.79 Å². The normalized spacial score (nSPS) is 10.5. The molecule has 130 valence electrons. The van der Waals surface area contributed by atoms with E-state index in [9.17, 15) is 14.9 Å². The van der Waals surface area contributed by atoms with E-state index in [0.29, 0.717) is 11.3 Å². The SMILES string of the molecule is COc1cc(/C=C/[N+](=O)[O-])ccc1OC(=O)COc1ccccc1C. The molecule has 0 radical (unpaired) electrons. The second-order valence-corrected chi connectivity index (χ2v) is 5.04. The predicted octanol–water partition coefficient (Wildman–Crippen LogP) is 3.24. The van der Waals surface area contributed by atoms with Gasteiger partial charge in [0, 0.05) is 6.08 Å². The van der Waals surface area contributed by atoms with Crippen LogP contribution in [0.4, 0.5) is 0 Å². The summed E-state index contributed by atoms with van der Waals surface area (Å²) < 4.78 is 15.8. The number of para-hydroxylation sites is 1. The van der Waals surface area contributed by atoms with Gasteiger partial charge in [-0.05, 0) is 36.2 Å². The third-order valence-electron chi connectivity index (χ3n) is 3.24. The molecule has 0 unspecified atom stereocenters. The van der Waals surface area contributed by atoms with E-state index in [2.05, 4.69) is 0 Å². The minimum atomic E-state index is -0.588. The van der Waals surface area contributed by atoms with Crippen molar-refractivity contribution in [1.82, 2.24) is 0 Å². The molecule has 2 aromatic rings. The monoisotopic (exact) mass is 343 g/mol. The fourth-order valence-corrected chi connectivity index (χ4v) is 2.03. The van der Waals surface area contributed by atoms with Gasteiger partial charge in [-0.15, -0.1) is 0 Å². The zero-order valence-corrected chi connectivity index (χ0v) is 13.8. The summed E-state index contributed by atoms with van der Waals surface area (Å²) in [6, 6.07) is 11.9. The molecule has 0 amide bonds. The highest BCUT2D eigenvalue weighted by Gasteiger charge is 2.12. The van der Waals surface area contributed by atoms with Gasteiger partial charge in [0.1, 0.15) is 5.75 Å². The third kappa shape index (κ3) is 5.35. The summed E-state index contributed by atoms with van der Waals surface area (Å²) in [5.41, 5.74) is 1.46. The van der Waals surface area contributed by atoms with E-state index in [1.54, 1.807) is 12.1 Å². The fourth-order valence-electron chi connectivity index (χ4n) is 2.03. The fraction of sp³-hybridized carbons (Fsp3) is 0.167. The van der Waals surface area contributed by atoms with Crippen molar-refractivity contribution in [3.63, 3.8) is 0 Å². The summed E-state index contributed by atoms with van der Waals surface area (Å²) in [6.07, 6.45) is 2.13. The van der Waals surface area contributed by atoms with E-state index in [1.807, 2.05) is 25.1 Å². The van der Waals surface area contributed by atoms with Crippen molar-refractivity contribution in [3.8, 4) is 17.2 Å². The molecule has 0 spiro atoms. The zero-order chi connectivity index (χ0) is 18.2. The summed E-state index contributed by atoms with van der Waals surface area (Å²) in [5.74, 6) is 0.510. The standard InChI is InChI=1S/C18H17NO6/c1-13-5-3-4-6-15(13)24-12-18(20)25-16-8-7-14(9-10-19(21)22)11-17(16)23-2/h3-11H,12H2,1-2H3/b10-9+. The molecular formula is C18H17NO6. The van der Waals surface area contributed by atoms with Gasteiger partial charge in [0.05, 0.1) is 12.0 Å². The molecule has 0 bridgehead atoms. The Kier molecular flexibility index (Phi) is 6.11. The first-order chi connectivity index (χ1) is 12.0. The van der Waals surface area contributed by atoms with Crippen molar-refractivity contribution in [2.45, 2.75) is 6.92 Å². The molecule has 2 rings (SSSR count). The molecule has 25 heavy (non-hydrogen) atoms. The molecule has 0 aliphatic carbocycles. The topological polar surface area (TPSA) is 87.9 Å². The zero-order valence-electron chi connectivity index (χ0n) is 13.8. The van der Waals surface area contributed by atoms with Crippen LogP contribution in [0.5, 0.6) is 17.2 Å². The lowest BCUT2D eigenvalue weighted by atomic mass is 10.2. The molecule has 7 heteroatoms. The Morgan fingerprint density at radius 3 is 2.60 bits per heavy atom. The van der Waals surface area contributed by atoms with Crippen LogP contribution in [0.3, 0.4) is 0 Å². The molecule has 7 nitrogen and oxygen atoms in total. The first-order valence-corrected chi connectivity index (χ1v) is 7.38. The van der Waals surface area contributed by atoms with Gasteiger partial charge >= 0.3 is 5.97 Å². The highest BCUT2D eigenvalue weighted by atomic mass is 16.6. The van der Waals surface area contributed by atoms with Crippen LogP contribution < -0.4 is 14.2 Å². The van der Waals surface area contributed by atoms with Crippen LogP contribution >= 0.6 is 0 Å². The first-order valence-electron chi connectivity index (χ1n) is 7.38. The molecule has 0 saturated heterocycles. The maximum absolute atomic E-state index is 12.0. The number of carbonyl (C=O) groups is 1. The number of esters is 1. The van der Waals surface area contributed by atoms with Crippen LogP contribution in [-0.4, -0.2) is 24.6 Å². The van der Waals surface area contributed by atoms with Gasteiger partial charge in [-0.2, -0.15) is 0 Å². The van der Waals surface area contributed by atoms with E-state index >= 15 is 0 Å². The number of nitro groups is 1. The highest BCUT2D eigenvalue weighted by Crippen LogP contribution is 2.28. The van der Waals surface area contributed by atoms with E-state index in [4.69, 9.17) is 14.2 Å². The lowest BCUT2D eigenvalue weighted by Gasteiger charge is -2.11. The van der Waals surface area contributed by atoms with Gasteiger partial charge in [0.25, 0.3) is 0 Å². The molecule has 0 fully saturated rings. The lowest BCUT2D eigenvalue weighted by molar-refractivity contribution is -0.400. The van der Waals surface area contributed by atoms with Gasteiger partial charge < -0.3 is 14.2 Å².